The third-order valence-electron chi connectivity index (χ3n) is 4.14. The van der Waals surface area contributed by atoms with Crippen LogP contribution < -0.4 is 0 Å². The van der Waals surface area contributed by atoms with E-state index in [9.17, 15) is 0 Å². The van der Waals surface area contributed by atoms with E-state index in [0.717, 1.165) is 16.5 Å². The molecule has 1 rings (SSSR count). The molecular weight excluding hydrogens is 418 g/mol. The van der Waals surface area contributed by atoms with Crippen LogP contribution in [-0.2, 0) is 5.54 Å². The zero-order valence-electron chi connectivity index (χ0n) is 13.4. The van der Waals surface area contributed by atoms with Gasteiger partial charge in [-0.05, 0) is 42.4 Å². The Morgan fingerprint density at radius 3 is 2.10 bits per heavy atom. The van der Waals surface area contributed by atoms with E-state index in [2.05, 4.69) is 53.1 Å². The Labute approximate surface area is 153 Å². The molecule has 1 heterocycles. The van der Waals surface area contributed by atoms with Crippen molar-refractivity contribution in [3.05, 3.63) is 13.9 Å². The van der Waals surface area contributed by atoms with Crippen molar-refractivity contribution in [1.82, 2.24) is 9.78 Å². The van der Waals surface area contributed by atoms with Crippen LogP contribution in [0.3, 0.4) is 0 Å². The maximum Gasteiger partial charge on any atom is 0.170 e. The Kier molecular flexibility index (Phi) is 8.96. The maximum absolute atomic E-state index is 6.22. The Morgan fingerprint density at radius 2 is 1.57 bits per heavy atom. The molecule has 0 fully saturated rings. The number of aromatic nitrogens is 2. The van der Waals surface area contributed by atoms with Crippen LogP contribution in [-0.4, -0.2) is 9.78 Å². The molecule has 0 aliphatic carbocycles. The van der Waals surface area contributed by atoms with Gasteiger partial charge in [-0.25, -0.2) is 0 Å². The first-order valence-corrected chi connectivity index (χ1v) is 9.89. The molecule has 0 N–H and O–H groups in total. The average molecular weight is 445 g/mol. The minimum absolute atomic E-state index is 0.0233. The Bertz CT molecular complexity index is 434. The molecule has 1 aromatic heterocycles. The molecule has 2 nitrogen and oxygen atoms in total. The highest BCUT2D eigenvalue weighted by Gasteiger charge is 2.30. The summed E-state index contributed by atoms with van der Waals surface area (Å²) in [6.45, 7) is 6.78. The van der Waals surface area contributed by atoms with Gasteiger partial charge in [0.25, 0.3) is 0 Å². The summed E-state index contributed by atoms with van der Waals surface area (Å²) in [5.74, 6) is 0. The fourth-order valence-electron chi connectivity index (χ4n) is 2.72. The predicted octanol–water partition coefficient (Wildman–Crippen LogP) is 7.06. The topological polar surface area (TPSA) is 17.8 Å². The van der Waals surface area contributed by atoms with Gasteiger partial charge in [0, 0.05) is 0 Å². The average Bonchev–Trinajstić information content (AvgIpc) is 2.73. The highest BCUT2D eigenvalue weighted by Crippen LogP contribution is 2.36. The zero-order chi connectivity index (χ0) is 15.9. The normalized spacial score (nSPS) is 14.4. The molecule has 0 saturated heterocycles. The molecule has 1 atom stereocenters. The molecule has 1 unspecified atom stereocenters. The smallest absolute Gasteiger partial charge is 0.170 e. The van der Waals surface area contributed by atoms with Crippen molar-refractivity contribution in [2.24, 2.45) is 0 Å². The Morgan fingerprint density at radius 1 is 1.00 bits per heavy atom. The zero-order valence-corrected chi connectivity index (χ0v) is 17.1. The number of halogens is 3. The van der Waals surface area contributed by atoms with Gasteiger partial charge in [0.1, 0.15) is 8.72 Å². The Hall–Kier alpha value is 0.520. The lowest BCUT2D eigenvalue weighted by atomic mass is 9.89. The first-order chi connectivity index (χ1) is 9.96. The second-order valence-electron chi connectivity index (χ2n) is 6.07. The van der Waals surface area contributed by atoms with Crippen molar-refractivity contribution in [2.45, 2.75) is 84.1 Å². The van der Waals surface area contributed by atoms with E-state index >= 15 is 0 Å². The predicted molar refractivity (Wildman–Crippen MR) is 102 cm³/mol. The van der Waals surface area contributed by atoms with Gasteiger partial charge in [-0.15, -0.1) is 0 Å². The molecular formula is C16H27Cl2IN2. The summed E-state index contributed by atoms with van der Waals surface area (Å²) in [6.07, 6.45) is 11.2. The first-order valence-electron chi connectivity index (χ1n) is 8.06. The molecule has 0 bridgehead atoms. The van der Waals surface area contributed by atoms with E-state index in [0.29, 0.717) is 10.2 Å². The number of nitrogens with zero attached hydrogens (tertiary/aromatic N) is 2. The summed E-state index contributed by atoms with van der Waals surface area (Å²) in [5, 5.41) is 5.51. The van der Waals surface area contributed by atoms with Crippen molar-refractivity contribution in [3.63, 3.8) is 0 Å². The second kappa shape index (κ2) is 9.61. The molecule has 0 aliphatic heterocycles. The van der Waals surface area contributed by atoms with E-state index in [1.54, 1.807) is 0 Å². The quantitative estimate of drug-likeness (QED) is 0.279. The monoisotopic (exact) mass is 444 g/mol. The largest absolute Gasteiger partial charge is 0.250 e. The molecule has 0 aromatic carbocycles. The molecule has 21 heavy (non-hydrogen) atoms. The van der Waals surface area contributed by atoms with Gasteiger partial charge in [0.05, 0.1) is 5.54 Å². The number of rotatable bonds is 10. The van der Waals surface area contributed by atoms with Crippen molar-refractivity contribution in [1.29, 1.82) is 0 Å². The molecule has 0 radical (unpaired) electrons. The second-order valence-corrected chi connectivity index (χ2v) is 7.83. The minimum Gasteiger partial charge on any atom is -0.250 e. The summed E-state index contributed by atoms with van der Waals surface area (Å²) in [4.78, 5) is 0. The fourth-order valence-corrected chi connectivity index (χ4v) is 4.10. The molecule has 0 amide bonds. The van der Waals surface area contributed by atoms with Crippen LogP contribution in [0.2, 0.25) is 10.2 Å². The highest BCUT2D eigenvalue weighted by atomic mass is 127. The number of unbranched alkanes of at least 4 members (excludes halogenated alkanes) is 5. The number of hydrogen-bond donors (Lipinski definition) is 0. The van der Waals surface area contributed by atoms with Gasteiger partial charge in [-0.1, -0.05) is 82.0 Å². The van der Waals surface area contributed by atoms with E-state index in [1.807, 2.05) is 0 Å². The lowest BCUT2D eigenvalue weighted by Crippen LogP contribution is -2.32. The SMILES string of the molecule is CCCCCCCC(C)(CCCC)n1nc(Cl)c(Cl)c1I. The van der Waals surface area contributed by atoms with Crippen LogP contribution in [0.4, 0.5) is 0 Å². The summed E-state index contributed by atoms with van der Waals surface area (Å²) < 4.78 is 3.03. The van der Waals surface area contributed by atoms with Crippen LogP contribution >= 0.6 is 45.8 Å². The van der Waals surface area contributed by atoms with Crippen molar-refractivity contribution in [3.8, 4) is 0 Å². The summed E-state index contributed by atoms with van der Waals surface area (Å²) in [5.41, 5.74) is 0.0233. The minimum atomic E-state index is 0.0233. The van der Waals surface area contributed by atoms with Crippen molar-refractivity contribution in [2.75, 3.05) is 0 Å². The molecule has 0 saturated carbocycles. The van der Waals surface area contributed by atoms with Crippen LogP contribution in [0.1, 0.15) is 78.6 Å². The van der Waals surface area contributed by atoms with Crippen LogP contribution in [0.5, 0.6) is 0 Å². The van der Waals surface area contributed by atoms with Gasteiger partial charge in [0.2, 0.25) is 0 Å². The summed E-state index contributed by atoms with van der Waals surface area (Å²) in [6, 6.07) is 0. The summed E-state index contributed by atoms with van der Waals surface area (Å²) >= 11 is 14.6. The van der Waals surface area contributed by atoms with Gasteiger partial charge < -0.3 is 0 Å². The van der Waals surface area contributed by atoms with Crippen LogP contribution in [0, 0.1) is 3.70 Å². The molecule has 1 aromatic rings. The number of hydrogen-bond acceptors (Lipinski definition) is 1. The molecule has 0 spiro atoms. The van der Waals surface area contributed by atoms with Crippen LogP contribution in [0.15, 0.2) is 0 Å². The van der Waals surface area contributed by atoms with Gasteiger partial charge >= 0.3 is 0 Å². The van der Waals surface area contributed by atoms with Gasteiger partial charge in [-0.3, -0.25) is 4.68 Å². The Balaban J connectivity index is 2.79. The van der Waals surface area contributed by atoms with Crippen molar-refractivity contribution < 1.29 is 0 Å². The third kappa shape index (κ3) is 5.58. The molecule has 0 aliphatic rings. The maximum atomic E-state index is 6.22. The lowest BCUT2D eigenvalue weighted by Gasteiger charge is -2.31. The van der Waals surface area contributed by atoms with Gasteiger partial charge in [0.15, 0.2) is 5.15 Å². The first kappa shape index (κ1) is 19.6. The van der Waals surface area contributed by atoms with Crippen LogP contribution in [0.25, 0.3) is 0 Å². The van der Waals surface area contributed by atoms with E-state index in [-0.39, 0.29) is 5.54 Å². The van der Waals surface area contributed by atoms with E-state index in [4.69, 9.17) is 23.2 Å². The van der Waals surface area contributed by atoms with E-state index in [1.165, 1.54) is 44.9 Å². The third-order valence-corrected chi connectivity index (χ3v) is 6.17. The van der Waals surface area contributed by atoms with Crippen molar-refractivity contribution >= 4 is 45.8 Å². The van der Waals surface area contributed by atoms with E-state index < -0.39 is 0 Å². The van der Waals surface area contributed by atoms with Gasteiger partial charge in [-0.2, -0.15) is 5.10 Å². The summed E-state index contributed by atoms with van der Waals surface area (Å²) in [7, 11) is 0. The molecule has 122 valence electrons. The standard InChI is InChI=1S/C16H27Cl2IN2/c1-4-6-8-9-10-12-16(3,11-7-5-2)21-15(19)13(17)14(18)20-21/h4-12H2,1-3H3. The highest BCUT2D eigenvalue weighted by molar-refractivity contribution is 14.1. The molecule has 5 heteroatoms. The fraction of sp³-hybridized carbons (Fsp3) is 0.812. The lowest BCUT2D eigenvalue weighted by molar-refractivity contribution is 0.224.